The van der Waals surface area contributed by atoms with Crippen molar-refractivity contribution < 1.29 is 32.3 Å². The highest BCUT2D eigenvalue weighted by Gasteiger charge is 2.31. The molecule has 0 bridgehead atoms. The van der Waals surface area contributed by atoms with E-state index < -0.39 is 11.3 Å². The van der Waals surface area contributed by atoms with Gasteiger partial charge in [-0.1, -0.05) is 0 Å². The first-order valence-corrected chi connectivity index (χ1v) is 8.50. The molecule has 1 atom stereocenters. The standard InChI is InChI=1S/C16H13F3N6O5/c17-16(18,19)30-12-3-1-11(2-4-12)24-20-5-10(22-24)8-28-13-6-23-7-14(25(26)27)21-15(23)29-9-13/h1-5,7,13H,6,8-9H2/t13-/m0/s1. The van der Waals surface area contributed by atoms with Gasteiger partial charge in [-0.2, -0.15) is 15.0 Å². The maximum Gasteiger partial charge on any atom is 0.573 e. The summed E-state index contributed by atoms with van der Waals surface area (Å²) in [7, 11) is 0. The van der Waals surface area contributed by atoms with E-state index in [4.69, 9.17) is 9.47 Å². The first kappa shape index (κ1) is 19.6. The summed E-state index contributed by atoms with van der Waals surface area (Å²) < 4.78 is 53.0. The lowest BCUT2D eigenvalue weighted by molar-refractivity contribution is -0.389. The number of rotatable bonds is 6. The second-order valence-corrected chi connectivity index (χ2v) is 6.20. The Kier molecular flexibility index (Phi) is 4.99. The summed E-state index contributed by atoms with van der Waals surface area (Å²) >= 11 is 0. The normalized spacial score (nSPS) is 16.0. The number of halogens is 3. The zero-order valence-corrected chi connectivity index (χ0v) is 15.0. The highest BCUT2D eigenvalue weighted by molar-refractivity contribution is 5.35. The van der Waals surface area contributed by atoms with Gasteiger partial charge in [0.15, 0.2) is 0 Å². The Bertz CT molecular complexity index is 1050. The Morgan fingerprint density at radius 3 is 2.77 bits per heavy atom. The fourth-order valence-electron chi connectivity index (χ4n) is 2.73. The van der Waals surface area contributed by atoms with Crippen LogP contribution in [-0.4, -0.2) is 48.5 Å². The first-order chi connectivity index (χ1) is 14.3. The number of aromatic nitrogens is 5. The van der Waals surface area contributed by atoms with Crippen LogP contribution in [0.1, 0.15) is 5.69 Å². The van der Waals surface area contributed by atoms with Crippen LogP contribution in [0.4, 0.5) is 19.0 Å². The van der Waals surface area contributed by atoms with Crippen molar-refractivity contribution in [2.24, 2.45) is 0 Å². The van der Waals surface area contributed by atoms with Gasteiger partial charge in [-0.25, -0.2) is 0 Å². The second kappa shape index (κ2) is 7.62. The summed E-state index contributed by atoms with van der Waals surface area (Å²) in [5, 5.41) is 19.0. The molecule has 158 valence electrons. The van der Waals surface area contributed by atoms with Gasteiger partial charge in [-0.3, -0.25) is 4.57 Å². The van der Waals surface area contributed by atoms with Crippen molar-refractivity contribution in [3.8, 4) is 17.4 Å². The van der Waals surface area contributed by atoms with Gasteiger partial charge in [-0.15, -0.1) is 13.2 Å². The van der Waals surface area contributed by atoms with Crippen LogP contribution in [0.15, 0.2) is 36.7 Å². The molecule has 0 unspecified atom stereocenters. The van der Waals surface area contributed by atoms with Crippen LogP contribution in [0.3, 0.4) is 0 Å². The summed E-state index contributed by atoms with van der Waals surface area (Å²) in [4.78, 5) is 15.2. The molecule has 0 radical (unpaired) electrons. The molecular formula is C16H13F3N6O5. The molecule has 0 saturated heterocycles. The number of benzene rings is 1. The third kappa shape index (κ3) is 4.48. The Balaban J connectivity index is 1.34. The van der Waals surface area contributed by atoms with Crippen LogP contribution in [0.2, 0.25) is 0 Å². The smallest absolute Gasteiger partial charge is 0.443 e. The molecule has 1 aliphatic heterocycles. The molecule has 0 fully saturated rings. The van der Waals surface area contributed by atoms with Gasteiger partial charge in [0.2, 0.25) is 0 Å². The maximum atomic E-state index is 12.2. The fraction of sp³-hybridized carbons (Fsp3) is 0.312. The molecule has 0 N–H and O–H groups in total. The fourth-order valence-corrected chi connectivity index (χ4v) is 2.73. The minimum absolute atomic E-state index is 0.0927. The van der Waals surface area contributed by atoms with E-state index in [-0.39, 0.29) is 36.9 Å². The number of fused-ring (bicyclic) bond motifs is 1. The number of hydrogen-bond donors (Lipinski definition) is 0. The molecule has 1 aromatic carbocycles. The lowest BCUT2D eigenvalue weighted by Crippen LogP contribution is -2.32. The van der Waals surface area contributed by atoms with Crippen LogP contribution < -0.4 is 9.47 Å². The molecule has 0 spiro atoms. The Labute approximate surface area is 165 Å². The van der Waals surface area contributed by atoms with Gasteiger partial charge in [0.25, 0.3) is 0 Å². The predicted octanol–water partition coefficient (Wildman–Crippen LogP) is 2.25. The van der Waals surface area contributed by atoms with Crippen molar-refractivity contribution in [2.45, 2.75) is 25.6 Å². The number of alkyl halides is 3. The van der Waals surface area contributed by atoms with Gasteiger partial charge >= 0.3 is 18.2 Å². The monoisotopic (exact) mass is 426 g/mol. The molecular weight excluding hydrogens is 413 g/mol. The zero-order valence-electron chi connectivity index (χ0n) is 15.0. The Morgan fingerprint density at radius 1 is 1.30 bits per heavy atom. The SMILES string of the molecule is O=[N+]([O-])c1cn2c(n1)OC[C@@H](OCc1cnn(-c3ccc(OC(F)(F)F)cc3)n1)C2. The van der Waals surface area contributed by atoms with E-state index in [2.05, 4.69) is 19.9 Å². The summed E-state index contributed by atoms with van der Waals surface area (Å²) in [6, 6.07) is 5.24. The third-order valence-electron chi connectivity index (χ3n) is 4.02. The van der Waals surface area contributed by atoms with E-state index in [0.29, 0.717) is 17.9 Å². The molecule has 11 nitrogen and oxygen atoms in total. The second-order valence-electron chi connectivity index (χ2n) is 6.20. The van der Waals surface area contributed by atoms with Crippen LogP contribution >= 0.6 is 0 Å². The summed E-state index contributed by atoms with van der Waals surface area (Å²) in [6.07, 6.45) is -2.42. The molecule has 3 heterocycles. The maximum absolute atomic E-state index is 12.2. The van der Waals surface area contributed by atoms with Crippen molar-refractivity contribution in [1.82, 2.24) is 24.5 Å². The molecule has 14 heteroatoms. The molecule has 1 aliphatic rings. The van der Waals surface area contributed by atoms with Gasteiger partial charge in [0.05, 0.1) is 25.0 Å². The number of imidazole rings is 1. The van der Waals surface area contributed by atoms with Crippen LogP contribution in [0, 0.1) is 10.1 Å². The lowest BCUT2D eigenvalue weighted by atomic mass is 10.3. The third-order valence-corrected chi connectivity index (χ3v) is 4.02. The van der Waals surface area contributed by atoms with Gasteiger partial charge < -0.3 is 24.3 Å². The molecule has 30 heavy (non-hydrogen) atoms. The van der Waals surface area contributed by atoms with E-state index in [1.54, 1.807) is 0 Å². The van der Waals surface area contributed by atoms with Crippen molar-refractivity contribution in [3.63, 3.8) is 0 Å². The van der Waals surface area contributed by atoms with Gasteiger partial charge in [-0.05, 0) is 29.2 Å². The van der Waals surface area contributed by atoms with E-state index >= 15 is 0 Å². The van der Waals surface area contributed by atoms with Crippen molar-refractivity contribution in [2.75, 3.05) is 6.61 Å². The number of nitrogens with zero attached hydrogens (tertiary/aromatic N) is 6. The highest BCUT2D eigenvalue weighted by Crippen LogP contribution is 2.24. The van der Waals surface area contributed by atoms with E-state index in [1.165, 1.54) is 33.9 Å². The Hall–Kier alpha value is -3.68. The minimum Gasteiger partial charge on any atom is -0.443 e. The average molecular weight is 426 g/mol. The lowest BCUT2D eigenvalue weighted by Gasteiger charge is -2.21. The van der Waals surface area contributed by atoms with Crippen molar-refractivity contribution >= 4 is 5.82 Å². The molecule has 0 saturated carbocycles. The van der Waals surface area contributed by atoms with Crippen LogP contribution in [-0.2, 0) is 17.9 Å². The van der Waals surface area contributed by atoms with E-state index in [9.17, 15) is 23.3 Å². The number of nitro groups is 1. The molecule has 4 rings (SSSR count). The minimum atomic E-state index is -4.76. The largest absolute Gasteiger partial charge is 0.573 e. The van der Waals surface area contributed by atoms with E-state index in [0.717, 1.165) is 12.1 Å². The average Bonchev–Trinajstić information content (AvgIpc) is 3.32. The van der Waals surface area contributed by atoms with Crippen LogP contribution in [0.25, 0.3) is 5.69 Å². The summed E-state index contributed by atoms with van der Waals surface area (Å²) in [6.45, 7) is 0.587. The van der Waals surface area contributed by atoms with Crippen molar-refractivity contribution in [3.05, 3.63) is 52.5 Å². The summed E-state index contributed by atoms with van der Waals surface area (Å²) in [5.41, 5.74) is 0.917. The number of hydrogen-bond acceptors (Lipinski definition) is 8. The van der Waals surface area contributed by atoms with Gasteiger partial charge in [0, 0.05) is 4.98 Å². The molecule has 0 aliphatic carbocycles. The van der Waals surface area contributed by atoms with Crippen LogP contribution in [0.5, 0.6) is 11.8 Å². The summed E-state index contributed by atoms with van der Waals surface area (Å²) in [5.74, 6) is -0.654. The quantitative estimate of drug-likeness (QED) is 0.435. The van der Waals surface area contributed by atoms with E-state index in [1.807, 2.05) is 0 Å². The number of ether oxygens (including phenoxy) is 3. The first-order valence-electron chi connectivity index (χ1n) is 8.50. The topological polar surface area (TPSA) is 119 Å². The molecule has 0 amide bonds. The molecule has 3 aromatic rings. The zero-order chi connectivity index (χ0) is 21.3. The van der Waals surface area contributed by atoms with Crippen molar-refractivity contribution in [1.29, 1.82) is 0 Å². The van der Waals surface area contributed by atoms with Gasteiger partial charge in [0.1, 0.15) is 30.4 Å². The Morgan fingerprint density at radius 2 is 2.07 bits per heavy atom. The highest BCUT2D eigenvalue weighted by atomic mass is 19.4. The predicted molar refractivity (Wildman–Crippen MR) is 91.0 cm³/mol. The molecule has 2 aromatic heterocycles.